The lowest BCUT2D eigenvalue weighted by molar-refractivity contribution is -0.155. The summed E-state index contributed by atoms with van der Waals surface area (Å²) in [5, 5.41) is 24.4. The fourth-order valence-electron chi connectivity index (χ4n) is 9.15. The molecular weight excluding hydrogens is 1400 g/mol. The number of fused-ring (bicyclic) bond motifs is 1. The first-order valence-electron chi connectivity index (χ1n) is 31.8. The molecule has 5 aromatic heterocycles. The largest absolute Gasteiger partial charge is 0.482 e. The minimum Gasteiger partial charge on any atom is -0.482 e. The lowest BCUT2D eigenvalue weighted by Gasteiger charge is -2.22. The number of esters is 3. The van der Waals surface area contributed by atoms with Gasteiger partial charge >= 0.3 is 23.5 Å². The second-order valence-corrected chi connectivity index (χ2v) is 24.7. The summed E-state index contributed by atoms with van der Waals surface area (Å²) in [5.74, 6) is 0.725. The average molecular weight is 1490 g/mol. The predicted octanol–water partition coefficient (Wildman–Crippen LogP) is 9.52. The van der Waals surface area contributed by atoms with Gasteiger partial charge in [0.2, 0.25) is 18.0 Å². The second-order valence-electron chi connectivity index (χ2n) is 21.6. The molecule has 0 saturated carbocycles. The molecule has 2 aliphatic heterocycles. The number of hydrogen-bond donors (Lipinski definition) is 4. The van der Waals surface area contributed by atoms with Crippen LogP contribution >= 0.6 is 47.0 Å². The smallest absolute Gasteiger partial charge is 0.350 e. The van der Waals surface area contributed by atoms with E-state index in [1.54, 1.807) is 59.5 Å². The molecule has 1 fully saturated rings. The number of carbonyl (C=O) groups excluding carboxylic acids is 4. The third-order valence-electron chi connectivity index (χ3n) is 14.7. The van der Waals surface area contributed by atoms with Crippen LogP contribution in [-0.4, -0.2) is 181 Å². The number of nitrogens with zero attached hydrogens (tertiary/aromatic N) is 11. The van der Waals surface area contributed by atoms with Gasteiger partial charge in [0.1, 0.15) is 46.6 Å². The van der Waals surface area contributed by atoms with Crippen LogP contribution in [0.5, 0.6) is 28.7 Å². The summed E-state index contributed by atoms with van der Waals surface area (Å²) in [5.41, 5.74) is 11.9. The summed E-state index contributed by atoms with van der Waals surface area (Å²) in [6.07, 6.45) is 11.0. The van der Waals surface area contributed by atoms with Crippen LogP contribution in [0.3, 0.4) is 0 Å². The van der Waals surface area contributed by atoms with Gasteiger partial charge < -0.3 is 43.4 Å². The Morgan fingerprint density at radius 2 is 0.942 bits per heavy atom. The van der Waals surface area contributed by atoms with Crippen LogP contribution < -0.4 is 35.4 Å². The van der Waals surface area contributed by atoms with E-state index in [-0.39, 0.29) is 24.0 Å². The van der Waals surface area contributed by atoms with Crippen molar-refractivity contribution in [3.63, 3.8) is 0 Å². The number of hydrazine groups is 1. The number of aliphatic hydroxyl groups is 2. The zero-order valence-electron chi connectivity index (χ0n) is 59.4. The quantitative estimate of drug-likeness (QED) is 0.0161. The Bertz CT molecular complexity index is 4120. The van der Waals surface area contributed by atoms with Crippen molar-refractivity contribution in [3.05, 3.63) is 196 Å². The van der Waals surface area contributed by atoms with Gasteiger partial charge in [-0.1, -0.05) is 120 Å². The fourth-order valence-corrected chi connectivity index (χ4v) is 10.6. The number of hydroxylamine groups is 2. The summed E-state index contributed by atoms with van der Waals surface area (Å²) < 4.78 is 40.3. The van der Waals surface area contributed by atoms with Gasteiger partial charge in [-0.2, -0.15) is 0 Å². The topological polar surface area (TPSA) is 340 Å². The molecule has 4 unspecified atom stereocenters. The van der Waals surface area contributed by atoms with E-state index in [1.807, 2.05) is 136 Å². The number of aliphatic hydroxyl groups excluding tert-OH is 2. The highest BCUT2D eigenvalue weighted by Gasteiger charge is 2.35. The molecule has 4 atom stereocenters. The number of nitrogens with one attached hydrogen (secondary N) is 2. The Morgan fingerprint density at radius 3 is 1.37 bits per heavy atom. The number of benzene rings is 4. The normalized spacial score (nSPS) is 12.8. The van der Waals surface area contributed by atoms with Gasteiger partial charge in [-0.25, -0.2) is 64.0 Å². The Hall–Kier alpha value is -9.51. The number of aryl methyl sites for hydroxylation is 4. The maximum Gasteiger partial charge on any atom is 0.350 e. The monoisotopic (exact) mass is 1490 g/mol. The first kappa shape index (κ1) is 82.4. The van der Waals surface area contributed by atoms with E-state index < -0.39 is 36.4 Å². The number of para-hydroxylation sites is 4. The van der Waals surface area contributed by atoms with Gasteiger partial charge in [0.25, 0.3) is 5.91 Å². The number of rotatable bonds is 22. The Labute approximate surface area is 614 Å². The minimum absolute atomic E-state index is 0.0403. The first-order valence-corrected chi connectivity index (χ1v) is 36.7. The SMILES string of the molecule is C1CNNC1.COC(=O)C(Oc1ccccc1C)C(O)c1ccnc(SC)n1.COC(=O)C(Oc1ccccc1C)C(O)c1ccnc(SC)n1.COC(=O)COc1ccccc1C.CON(C)C(=O)c1ccnc(SC)n1.CSc1nccc(-c2c(Oc3ccccc3C)c(=O)n3n2CCC3)n1. The highest BCUT2D eigenvalue weighted by molar-refractivity contribution is 7.99. The van der Waals surface area contributed by atoms with Gasteiger partial charge in [-0.3, -0.25) is 30.0 Å². The summed E-state index contributed by atoms with van der Waals surface area (Å²) in [7, 11) is 6.79. The Kier molecular flexibility index (Phi) is 34.8. The maximum absolute atomic E-state index is 12.9. The van der Waals surface area contributed by atoms with E-state index in [9.17, 15) is 34.2 Å². The van der Waals surface area contributed by atoms with Crippen molar-refractivity contribution in [1.82, 2.24) is 65.2 Å². The molecule has 0 aliphatic carbocycles. The molecule has 2 aliphatic rings. The van der Waals surface area contributed by atoms with E-state index >= 15 is 0 Å². The molecule has 1 amide bonds. The second kappa shape index (κ2) is 43.4. The Morgan fingerprint density at radius 1 is 0.524 bits per heavy atom. The molecule has 103 heavy (non-hydrogen) atoms. The van der Waals surface area contributed by atoms with E-state index in [0.29, 0.717) is 78.7 Å². The summed E-state index contributed by atoms with van der Waals surface area (Å²) in [6.45, 7) is 11.3. The summed E-state index contributed by atoms with van der Waals surface area (Å²) in [4.78, 5) is 97.3. The van der Waals surface area contributed by atoms with Crippen molar-refractivity contribution < 1.29 is 67.4 Å². The van der Waals surface area contributed by atoms with Crippen molar-refractivity contribution in [2.45, 2.75) is 98.7 Å². The lowest BCUT2D eigenvalue weighted by atomic mass is 10.1. The number of hydrogen-bond acceptors (Lipinski definition) is 29. The zero-order chi connectivity index (χ0) is 74.8. The van der Waals surface area contributed by atoms with Gasteiger partial charge in [0, 0.05) is 58.0 Å². The van der Waals surface area contributed by atoms with Crippen molar-refractivity contribution in [3.8, 4) is 40.1 Å². The van der Waals surface area contributed by atoms with Crippen molar-refractivity contribution in [2.75, 3.05) is 80.2 Å². The van der Waals surface area contributed by atoms with Crippen molar-refractivity contribution >= 4 is 70.9 Å². The van der Waals surface area contributed by atoms with E-state index in [0.717, 1.165) is 59.1 Å². The van der Waals surface area contributed by atoms with Crippen LogP contribution in [0.15, 0.2) is 172 Å². The molecule has 0 bridgehead atoms. The number of methoxy groups -OCH3 is 3. The Balaban J connectivity index is 0.000000202. The lowest BCUT2D eigenvalue weighted by Crippen LogP contribution is -2.35. The van der Waals surface area contributed by atoms with Crippen LogP contribution in [0.4, 0.5) is 0 Å². The van der Waals surface area contributed by atoms with Crippen LogP contribution in [-0.2, 0) is 46.5 Å². The van der Waals surface area contributed by atoms with Crippen molar-refractivity contribution in [1.29, 1.82) is 0 Å². The number of aromatic nitrogens is 10. The molecule has 0 spiro atoms. The minimum atomic E-state index is -1.27. The molecule has 548 valence electrons. The summed E-state index contributed by atoms with van der Waals surface area (Å²) in [6, 6.07) is 36.1. The highest BCUT2D eigenvalue weighted by Crippen LogP contribution is 2.35. The van der Waals surface area contributed by atoms with Gasteiger partial charge in [-0.15, -0.1) is 0 Å². The van der Waals surface area contributed by atoms with Crippen molar-refractivity contribution in [2.24, 2.45) is 0 Å². The van der Waals surface area contributed by atoms with E-state index in [4.69, 9.17) is 33.3 Å². The number of ether oxygens (including phenoxy) is 7. The zero-order valence-corrected chi connectivity index (χ0v) is 62.6. The molecule has 1 saturated heterocycles. The first-order chi connectivity index (χ1) is 49.7. The van der Waals surface area contributed by atoms with Crippen LogP contribution in [0.1, 0.15) is 69.2 Å². The molecule has 7 heterocycles. The molecule has 4 aromatic carbocycles. The molecule has 11 rings (SSSR count). The van der Waals surface area contributed by atoms with E-state index in [1.165, 1.54) is 101 Å². The fraction of sp³-hybridized carbons (Fsp3) is 0.338. The maximum atomic E-state index is 12.9. The molecule has 0 radical (unpaired) electrons. The third kappa shape index (κ3) is 24.9. The van der Waals surface area contributed by atoms with Crippen LogP contribution in [0, 0.1) is 27.7 Å². The van der Waals surface area contributed by atoms with Gasteiger partial charge in [-0.05, 0) is 136 Å². The third-order valence-corrected chi connectivity index (χ3v) is 17.0. The summed E-state index contributed by atoms with van der Waals surface area (Å²) >= 11 is 5.54. The average Bonchev–Trinajstić information content (AvgIpc) is 1.61. The van der Waals surface area contributed by atoms with Crippen LogP contribution in [0.25, 0.3) is 11.4 Å². The highest BCUT2D eigenvalue weighted by atomic mass is 32.2. The van der Waals surface area contributed by atoms with E-state index in [2.05, 4.69) is 55.5 Å². The number of carbonyl (C=O) groups is 4. The molecular formula is C71H85N13O15S4. The van der Waals surface area contributed by atoms with Gasteiger partial charge in [0.05, 0.1) is 45.5 Å². The van der Waals surface area contributed by atoms with Crippen LogP contribution in [0.2, 0.25) is 0 Å². The molecule has 32 heteroatoms. The number of amides is 1. The molecule has 28 nitrogen and oxygen atoms in total. The van der Waals surface area contributed by atoms with Gasteiger partial charge in [0.15, 0.2) is 27.2 Å². The molecule has 9 aromatic rings. The number of thioether (sulfide) groups is 4. The predicted molar refractivity (Wildman–Crippen MR) is 392 cm³/mol. The molecule has 4 N–H and O–H groups in total. The standard InChI is InChI=1S/C18H18N4O2S.2C16H18N2O4S.C10H12O3.C8H11N3O2S.C3H8N2/c1-12-6-3-4-7-14(12)24-16-15(13-8-9-19-18(20-13)25-2)21-10-5-11-22(21)17(16)23;2*1-10-6-4-5-7-12(10)22-14(15(20)21-2)13(19)11-8-9-17-16(18-11)23-3;1-8-5-3-4-6-9(8)13-7-10(11)12-2;1-11(13-2)7(12)6-4-5-9-8(10-6)14-3;1-2-4-5-3-1/h3-4,6-9H,5,10-11H2,1-2H3;2*4-9,13-14,19H,1-3H3;3-6H,7H2,1-2H3;4-5H,1-3H3;4-5H,1-3H2.